The lowest BCUT2D eigenvalue weighted by atomic mass is 9.97. The van der Waals surface area contributed by atoms with E-state index in [9.17, 15) is 4.79 Å². The quantitative estimate of drug-likeness (QED) is 0.421. The van der Waals surface area contributed by atoms with Gasteiger partial charge in [0.25, 0.3) is 0 Å². The molecule has 0 saturated carbocycles. The molecule has 0 bridgehead atoms. The van der Waals surface area contributed by atoms with E-state index in [2.05, 4.69) is 44.4 Å². The zero-order valence-electron chi connectivity index (χ0n) is 19.9. The van der Waals surface area contributed by atoms with E-state index in [1.807, 2.05) is 47.2 Å². The maximum Gasteiger partial charge on any atom is 0.241 e. The van der Waals surface area contributed by atoms with Crippen LogP contribution >= 0.6 is 0 Å². The van der Waals surface area contributed by atoms with E-state index >= 15 is 0 Å². The number of hydrogen-bond donors (Lipinski definition) is 1. The van der Waals surface area contributed by atoms with Gasteiger partial charge in [-0.05, 0) is 37.4 Å². The van der Waals surface area contributed by atoms with Gasteiger partial charge in [0.15, 0.2) is 0 Å². The van der Waals surface area contributed by atoms with E-state index < -0.39 is 0 Å². The summed E-state index contributed by atoms with van der Waals surface area (Å²) in [5.74, 6) is 1.23. The second-order valence-corrected chi connectivity index (χ2v) is 9.22. The summed E-state index contributed by atoms with van der Waals surface area (Å²) in [6, 6.07) is 16.4. The molecular formula is C27H30N6O2. The average molecular weight is 471 g/mol. The second kappa shape index (κ2) is 10.7. The maximum atomic E-state index is 12.9. The zero-order chi connectivity index (χ0) is 24.0. The Morgan fingerprint density at radius 1 is 1.14 bits per heavy atom. The first-order valence-electron chi connectivity index (χ1n) is 12.1. The summed E-state index contributed by atoms with van der Waals surface area (Å²) >= 11 is 0. The molecule has 5 rings (SSSR count). The lowest BCUT2D eigenvalue weighted by molar-refractivity contribution is -0.127. The first kappa shape index (κ1) is 23.0. The minimum atomic E-state index is -0.0441. The number of piperidine rings is 1. The molecule has 1 fully saturated rings. The topological polar surface area (TPSA) is 89.1 Å². The van der Waals surface area contributed by atoms with Gasteiger partial charge < -0.3 is 14.4 Å². The Bertz CT molecular complexity index is 1250. The van der Waals surface area contributed by atoms with Gasteiger partial charge in [0.2, 0.25) is 17.6 Å². The fourth-order valence-electron chi connectivity index (χ4n) is 4.51. The van der Waals surface area contributed by atoms with Crippen molar-refractivity contribution in [2.75, 3.05) is 13.1 Å². The minimum Gasteiger partial charge on any atom is -0.352 e. The highest BCUT2D eigenvalue weighted by molar-refractivity contribution is 5.79. The molecule has 8 nitrogen and oxygen atoms in total. The number of nitrogens with one attached hydrogen (secondary N) is 1. The highest BCUT2D eigenvalue weighted by atomic mass is 16.5. The van der Waals surface area contributed by atoms with Crippen molar-refractivity contribution in [2.24, 2.45) is 5.92 Å². The normalized spacial score (nSPS) is 16.3. The number of rotatable bonds is 8. The standard InChI is InChI=1S/C27H30N6O2/c1-20-7-9-23(10-8-20)26-30-25(35-31-26)18-32-12-3-6-24(17-32)27(34)29-15-21-4-2-5-22(14-21)16-33-13-11-28-19-33/h2,4-5,7-11,13-14,19,24H,3,6,12,15-18H2,1H3,(H,29,34). The number of amides is 1. The summed E-state index contributed by atoms with van der Waals surface area (Å²) in [5, 5.41) is 7.27. The number of nitrogens with zero attached hydrogens (tertiary/aromatic N) is 5. The number of hydrogen-bond acceptors (Lipinski definition) is 6. The van der Waals surface area contributed by atoms with Crippen LogP contribution in [-0.4, -0.2) is 43.6 Å². The van der Waals surface area contributed by atoms with Crippen molar-refractivity contribution >= 4 is 5.91 Å². The number of likely N-dealkylation sites (tertiary alicyclic amines) is 1. The molecule has 180 valence electrons. The molecule has 1 aliphatic heterocycles. The molecule has 2 aromatic heterocycles. The van der Waals surface area contributed by atoms with Crippen molar-refractivity contribution in [1.29, 1.82) is 0 Å². The molecule has 0 aliphatic carbocycles. The lowest BCUT2D eigenvalue weighted by Gasteiger charge is -2.30. The third-order valence-corrected chi connectivity index (χ3v) is 6.40. The summed E-state index contributed by atoms with van der Waals surface area (Å²) in [5.41, 5.74) is 4.41. The van der Waals surface area contributed by atoms with E-state index in [0.717, 1.165) is 37.1 Å². The number of aryl methyl sites for hydroxylation is 1. The number of carbonyl (C=O) groups is 1. The van der Waals surface area contributed by atoms with Crippen LogP contribution in [0.25, 0.3) is 11.4 Å². The van der Waals surface area contributed by atoms with Crippen LogP contribution in [0.2, 0.25) is 0 Å². The zero-order valence-corrected chi connectivity index (χ0v) is 19.9. The van der Waals surface area contributed by atoms with Gasteiger partial charge in [0.05, 0.1) is 18.8 Å². The number of aromatic nitrogens is 4. The Hall–Kier alpha value is -3.78. The van der Waals surface area contributed by atoms with Crippen LogP contribution in [0, 0.1) is 12.8 Å². The van der Waals surface area contributed by atoms with Crippen molar-refractivity contribution in [3.63, 3.8) is 0 Å². The lowest BCUT2D eigenvalue weighted by Crippen LogP contribution is -2.42. The molecule has 8 heteroatoms. The molecule has 1 unspecified atom stereocenters. The first-order valence-corrected chi connectivity index (χ1v) is 12.1. The Morgan fingerprint density at radius 3 is 2.83 bits per heavy atom. The van der Waals surface area contributed by atoms with Crippen molar-refractivity contribution in [3.05, 3.63) is 89.8 Å². The monoisotopic (exact) mass is 470 g/mol. The summed E-state index contributed by atoms with van der Waals surface area (Å²) < 4.78 is 7.52. The van der Waals surface area contributed by atoms with Crippen LogP contribution in [0.5, 0.6) is 0 Å². The fraction of sp³-hybridized carbons (Fsp3) is 0.333. The van der Waals surface area contributed by atoms with Crippen molar-refractivity contribution in [1.82, 2.24) is 29.9 Å². The highest BCUT2D eigenvalue weighted by Gasteiger charge is 2.26. The molecule has 0 spiro atoms. The second-order valence-electron chi connectivity index (χ2n) is 9.22. The fourth-order valence-corrected chi connectivity index (χ4v) is 4.51. The van der Waals surface area contributed by atoms with Gasteiger partial charge in [0.1, 0.15) is 0 Å². The number of imidazole rings is 1. The van der Waals surface area contributed by atoms with Crippen LogP contribution in [-0.2, 0) is 24.4 Å². The van der Waals surface area contributed by atoms with Crippen molar-refractivity contribution in [2.45, 2.75) is 39.4 Å². The molecule has 2 aromatic carbocycles. The molecule has 1 saturated heterocycles. The predicted molar refractivity (Wildman–Crippen MR) is 132 cm³/mol. The van der Waals surface area contributed by atoms with Gasteiger partial charge in [-0.1, -0.05) is 59.3 Å². The van der Waals surface area contributed by atoms with Crippen LogP contribution in [0.15, 0.2) is 71.8 Å². The van der Waals surface area contributed by atoms with Gasteiger partial charge in [-0.3, -0.25) is 9.69 Å². The summed E-state index contributed by atoms with van der Waals surface area (Å²) in [4.78, 5) is 23.8. The smallest absolute Gasteiger partial charge is 0.241 e. The van der Waals surface area contributed by atoms with Gasteiger partial charge in [0, 0.05) is 37.6 Å². The maximum absolute atomic E-state index is 12.9. The molecule has 1 amide bonds. The first-order chi connectivity index (χ1) is 17.1. The summed E-state index contributed by atoms with van der Waals surface area (Å²) in [6.07, 6.45) is 7.39. The van der Waals surface area contributed by atoms with Gasteiger partial charge in [-0.25, -0.2) is 4.98 Å². The SMILES string of the molecule is Cc1ccc(-c2noc(CN3CCCC(C(=O)NCc4cccc(Cn5ccnc5)c4)C3)n2)cc1. The predicted octanol–water partition coefficient (Wildman–Crippen LogP) is 3.82. The van der Waals surface area contributed by atoms with Gasteiger partial charge >= 0.3 is 0 Å². The third kappa shape index (κ3) is 6.02. The molecule has 4 aromatic rings. The summed E-state index contributed by atoms with van der Waals surface area (Å²) in [6.45, 7) is 5.50. The van der Waals surface area contributed by atoms with Crippen LogP contribution in [0.3, 0.4) is 0 Å². The molecule has 0 radical (unpaired) electrons. The molecule has 1 N–H and O–H groups in total. The Morgan fingerprint density at radius 2 is 2.00 bits per heavy atom. The molecular weight excluding hydrogens is 440 g/mol. The van der Waals surface area contributed by atoms with Gasteiger partial charge in [-0.15, -0.1) is 0 Å². The molecule has 1 atom stereocenters. The van der Waals surface area contributed by atoms with Gasteiger partial charge in [-0.2, -0.15) is 4.98 Å². The molecule has 35 heavy (non-hydrogen) atoms. The number of benzene rings is 2. The Kier molecular flexibility index (Phi) is 6.99. The average Bonchev–Trinajstić information content (AvgIpc) is 3.56. The Balaban J connectivity index is 1.13. The van der Waals surface area contributed by atoms with E-state index in [-0.39, 0.29) is 11.8 Å². The molecule has 3 heterocycles. The van der Waals surface area contributed by atoms with Crippen molar-refractivity contribution in [3.8, 4) is 11.4 Å². The van der Waals surface area contributed by atoms with Crippen molar-refractivity contribution < 1.29 is 9.32 Å². The van der Waals surface area contributed by atoms with Crippen LogP contribution in [0.1, 0.15) is 35.4 Å². The van der Waals surface area contributed by atoms with E-state index in [1.54, 1.807) is 12.5 Å². The Labute approximate surface area is 205 Å². The third-order valence-electron chi connectivity index (χ3n) is 6.40. The van der Waals surface area contributed by atoms with E-state index in [1.165, 1.54) is 11.1 Å². The van der Waals surface area contributed by atoms with E-state index in [0.29, 0.717) is 31.3 Å². The van der Waals surface area contributed by atoms with Crippen LogP contribution in [0.4, 0.5) is 0 Å². The summed E-state index contributed by atoms with van der Waals surface area (Å²) in [7, 11) is 0. The largest absolute Gasteiger partial charge is 0.352 e. The number of carbonyl (C=O) groups excluding carboxylic acids is 1. The highest BCUT2D eigenvalue weighted by Crippen LogP contribution is 2.21. The molecule has 1 aliphatic rings. The minimum absolute atomic E-state index is 0.0441. The van der Waals surface area contributed by atoms with E-state index in [4.69, 9.17) is 4.52 Å². The van der Waals surface area contributed by atoms with Crippen LogP contribution < -0.4 is 5.32 Å².